The van der Waals surface area contributed by atoms with E-state index in [4.69, 9.17) is 4.74 Å². The van der Waals surface area contributed by atoms with Gasteiger partial charge in [-0.25, -0.2) is 5.43 Å². The van der Waals surface area contributed by atoms with E-state index in [-0.39, 0.29) is 11.2 Å². The molecule has 0 saturated carbocycles. The Hall–Kier alpha value is -2.27. The number of hydrazone groups is 1. The smallest absolute Gasteiger partial charge is 0.253 e. The van der Waals surface area contributed by atoms with Gasteiger partial charge >= 0.3 is 0 Å². The van der Waals surface area contributed by atoms with E-state index in [1.165, 1.54) is 11.8 Å². The van der Waals surface area contributed by atoms with Crippen molar-refractivity contribution < 1.29 is 9.53 Å². The second-order valence-electron chi connectivity index (χ2n) is 4.81. The molecule has 1 atom stereocenters. The first-order chi connectivity index (χ1) is 11.2. The molecule has 2 rings (SSSR count). The number of carbonyl (C=O) groups excluding carboxylic acids is 1. The second-order valence-corrected chi connectivity index (χ2v) is 6.22. The van der Waals surface area contributed by atoms with Crippen molar-refractivity contribution in [1.82, 2.24) is 5.43 Å². The Morgan fingerprint density at radius 1 is 1.22 bits per heavy atom. The van der Waals surface area contributed by atoms with Gasteiger partial charge in [-0.1, -0.05) is 18.2 Å². The van der Waals surface area contributed by atoms with Crippen LogP contribution in [0, 0.1) is 0 Å². The maximum Gasteiger partial charge on any atom is 0.253 e. The molecule has 0 fully saturated rings. The number of ether oxygens (including phenoxy) is 1. The fourth-order valence-electron chi connectivity index (χ4n) is 1.83. The van der Waals surface area contributed by atoms with Crippen LogP contribution in [-0.2, 0) is 4.79 Å². The SMILES string of the molecule is CCOc1ccc(/C=N\NC(=O)[C@H](C)Sc2ccccc2)cc1. The number of benzene rings is 2. The number of hydrogen-bond donors (Lipinski definition) is 1. The normalized spacial score (nSPS) is 12.1. The number of hydrogen-bond acceptors (Lipinski definition) is 4. The lowest BCUT2D eigenvalue weighted by Crippen LogP contribution is -2.26. The van der Waals surface area contributed by atoms with Gasteiger partial charge < -0.3 is 4.74 Å². The summed E-state index contributed by atoms with van der Waals surface area (Å²) in [7, 11) is 0. The summed E-state index contributed by atoms with van der Waals surface area (Å²) in [6.45, 7) is 4.44. The first kappa shape index (κ1) is 17.1. The maximum absolute atomic E-state index is 12.0. The van der Waals surface area contributed by atoms with Crippen molar-refractivity contribution >= 4 is 23.9 Å². The summed E-state index contributed by atoms with van der Waals surface area (Å²) < 4.78 is 5.37. The average Bonchev–Trinajstić information content (AvgIpc) is 2.57. The molecule has 23 heavy (non-hydrogen) atoms. The van der Waals surface area contributed by atoms with E-state index >= 15 is 0 Å². The second kappa shape index (κ2) is 9.00. The van der Waals surface area contributed by atoms with Crippen LogP contribution < -0.4 is 10.2 Å². The van der Waals surface area contributed by atoms with E-state index < -0.39 is 0 Å². The molecule has 2 aromatic carbocycles. The zero-order valence-electron chi connectivity index (χ0n) is 13.2. The summed E-state index contributed by atoms with van der Waals surface area (Å²) in [4.78, 5) is 13.1. The number of carbonyl (C=O) groups is 1. The van der Waals surface area contributed by atoms with Gasteiger partial charge in [0.05, 0.1) is 18.1 Å². The molecule has 0 bridgehead atoms. The lowest BCUT2D eigenvalue weighted by molar-refractivity contribution is -0.120. The van der Waals surface area contributed by atoms with Crippen molar-refractivity contribution in [1.29, 1.82) is 0 Å². The van der Waals surface area contributed by atoms with Gasteiger partial charge in [-0.15, -0.1) is 11.8 Å². The van der Waals surface area contributed by atoms with E-state index in [0.717, 1.165) is 16.2 Å². The minimum Gasteiger partial charge on any atom is -0.494 e. The molecule has 1 N–H and O–H groups in total. The van der Waals surface area contributed by atoms with Crippen LogP contribution in [-0.4, -0.2) is 24.0 Å². The van der Waals surface area contributed by atoms with Crippen LogP contribution in [0.25, 0.3) is 0 Å². The first-order valence-corrected chi connectivity index (χ1v) is 8.34. The standard InChI is InChI=1S/C18H20N2O2S/c1-3-22-16-11-9-15(10-12-16)13-19-20-18(21)14(2)23-17-7-5-4-6-8-17/h4-14H,3H2,1-2H3,(H,20,21)/b19-13-/t14-/m0/s1. The van der Waals surface area contributed by atoms with E-state index in [9.17, 15) is 4.79 Å². The highest BCUT2D eigenvalue weighted by Gasteiger charge is 2.13. The van der Waals surface area contributed by atoms with Crippen molar-refractivity contribution in [3.8, 4) is 5.75 Å². The predicted molar refractivity (Wildman–Crippen MR) is 95.1 cm³/mol. The molecular formula is C18H20N2O2S. The molecule has 1 amide bonds. The Labute approximate surface area is 140 Å². The minimum atomic E-state index is -0.213. The molecule has 5 heteroatoms. The van der Waals surface area contributed by atoms with E-state index in [1.54, 1.807) is 6.21 Å². The summed E-state index contributed by atoms with van der Waals surface area (Å²) >= 11 is 1.50. The van der Waals surface area contributed by atoms with Crippen molar-refractivity contribution in [3.63, 3.8) is 0 Å². The Morgan fingerprint density at radius 3 is 2.57 bits per heavy atom. The van der Waals surface area contributed by atoms with Gasteiger partial charge in [0.2, 0.25) is 0 Å². The van der Waals surface area contributed by atoms with Gasteiger partial charge in [-0.2, -0.15) is 5.10 Å². The van der Waals surface area contributed by atoms with Gasteiger partial charge in [-0.05, 0) is 55.8 Å². The highest BCUT2D eigenvalue weighted by molar-refractivity contribution is 8.00. The molecule has 0 aliphatic carbocycles. The van der Waals surface area contributed by atoms with Gasteiger partial charge in [0, 0.05) is 4.90 Å². The van der Waals surface area contributed by atoms with Crippen LogP contribution >= 0.6 is 11.8 Å². The predicted octanol–water partition coefficient (Wildman–Crippen LogP) is 3.72. The molecule has 0 aliphatic rings. The molecule has 0 aliphatic heterocycles. The molecular weight excluding hydrogens is 308 g/mol. The van der Waals surface area contributed by atoms with Gasteiger partial charge in [0.15, 0.2) is 0 Å². The minimum absolute atomic E-state index is 0.124. The van der Waals surface area contributed by atoms with Gasteiger partial charge in [-0.3, -0.25) is 4.79 Å². The monoisotopic (exact) mass is 328 g/mol. The molecule has 0 spiro atoms. The molecule has 0 heterocycles. The third kappa shape index (κ3) is 5.79. The number of rotatable bonds is 7. The van der Waals surface area contributed by atoms with E-state index in [2.05, 4.69) is 10.5 Å². The summed E-state index contributed by atoms with van der Waals surface area (Å²) in [5.41, 5.74) is 3.47. The van der Waals surface area contributed by atoms with E-state index in [0.29, 0.717) is 6.61 Å². The van der Waals surface area contributed by atoms with Crippen molar-refractivity contribution in [2.24, 2.45) is 5.10 Å². The number of amides is 1. The number of thioether (sulfide) groups is 1. The van der Waals surface area contributed by atoms with Crippen molar-refractivity contribution in [3.05, 3.63) is 60.2 Å². The largest absolute Gasteiger partial charge is 0.494 e. The highest BCUT2D eigenvalue weighted by Crippen LogP contribution is 2.22. The Kier molecular flexibility index (Phi) is 6.69. The van der Waals surface area contributed by atoms with Crippen LogP contribution in [0.3, 0.4) is 0 Å². The molecule has 2 aromatic rings. The third-order valence-corrected chi connectivity index (χ3v) is 4.12. The number of nitrogens with zero attached hydrogens (tertiary/aromatic N) is 1. The molecule has 0 radical (unpaired) electrons. The summed E-state index contributed by atoms with van der Waals surface area (Å²) in [5.74, 6) is 0.697. The quantitative estimate of drug-likeness (QED) is 0.479. The lowest BCUT2D eigenvalue weighted by Gasteiger charge is -2.09. The first-order valence-electron chi connectivity index (χ1n) is 7.46. The molecule has 0 saturated heterocycles. The fraction of sp³-hybridized carbons (Fsp3) is 0.222. The maximum atomic E-state index is 12.0. The highest BCUT2D eigenvalue weighted by atomic mass is 32.2. The van der Waals surface area contributed by atoms with Crippen LogP contribution in [0.2, 0.25) is 0 Å². The zero-order valence-corrected chi connectivity index (χ0v) is 14.0. The van der Waals surface area contributed by atoms with Crippen molar-refractivity contribution in [2.45, 2.75) is 24.0 Å². The lowest BCUT2D eigenvalue weighted by atomic mass is 10.2. The Bertz CT molecular complexity index is 642. The molecule has 0 unspecified atom stereocenters. The topological polar surface area (TPSA) is 50.7 Å². The molecule has 120 valence electrons. The van der Waals surface area contributed by atoms with Crippen LogP contribution in [0.1, 0.15) is 19.4 Å². The van der Waals surface area contributed by atoms with Crippen molar-refractivity contribution in [2.75, 3.05) is 6.61 Å². The number of nitrogens with one attached hydrogen (secondary N) is 1. The summed E-state index contributed by atoms with van der Waals surface area (Å²) in [6.07, 6.45) is 1.62. The van der Waals surface area contributed by atoms with Crippen LogP contribution in [0.5, 0.6) is 5.75 Å². The average molecular weight is 328 g/mol. The zero-order chi connectivity index (χ0) is 16.5. The summed E-state index contributed by atoms with van der Waals surface area (Å²) in [6, 6.07) is 17.4. The Balaban J connectivity index is 1.83. The van der Waals surface area contributed by atoms with Gasteiger partial charge in [0.1, 0.15) is 5.75 Å². The van der Waals surface area contributed by atoms with Gasteiger partial charge in [0.25, 0.3) is 5.91 Å². The van der Waals surface area contributed by atoms with E-state index in [1.807, 2.05) is 68.4 Å². The Morgan fingerprint density at radius 2 is 1.91 bits per heavy atom. The molecule has 4 nitrogen and oxygen atoms in total. The van der Waals surface area contributed by atoms with Crippen LogP contribution in [0.4, 0.5) is 0 Å². The summed E-state index contributed by atoms with van der Waals surface area (Å²) in [5, 5.41) is 3.79. The third-order valence-electron chi connectivity index (χ3n) is 3.00. The molecule has 0 aromatic heterocycles. The van der Waals surface area contributed by atoms with Crippen LogP contribution in [0.15, 0.2) is 64.6 Å². The fourth-order valence-corrected chi connectivity index (χ4v) is 2.72.